The molecule has 14 heavy (non-hydrogen) atoms. The standard InChI is InChI=1S/C12H26O2/c1-6-8-10-13-11(9-7-2)14-12(3,4)5/h11H,6-10H2,1-5H3. The summed E-state index contributed by atoms with van der Waals surface area (Å²) in [6.45, 7) is 11.3. The molecule has 0 saturated heterocycles. The number of hydrogen-bond acceptors (Lipinski definition) is 2. The third-order valence-corrected chi connectivity index (χ3v) is 1.81. The molecule has 0 aromatic heterocycles. The van der Waals surface area contributed by atoms with Crippen molar-refractivity contribution < 1.29 is 9.47 Å². The van der Waals surface area contributed by atoms with Crippen LogP contribution in [0.3, 0.4) is 0 Å². The summed E-state index contributed by atoms with van der Waals surface area (Å²) < 4.78 is 11.5. The number of rotatable bonds is 7. The summed E-state index contributed by atoms with van der Waals surface area (Å²) >= 11 is 0. The fourth-order valence-corrected chi connectivity index (χ4v) is 1.17. The van der Waals surface area contributed by atoms with Gasteiger partial charge in [0.05, 0.1) is 5.60 Å². The van der Waals surface area contributed by atoms with Crippen LogP contribution in [0.15, 0.2) is 0 Å². The molecule has 0 rings (SSSR count). The van der Waals surface area contributed by atoms with E-state index in [2.05, 4.69) is 34.6 Å². The molecule has 0 spiro atoms. The predicted molar refractivity (Wildman–Crippen MR) is 60.4 cm³/mol. The molecule has 0 aromatic rings. The van der Waals surface area contributed by atoms with Gasteiger partial charge in [0.15, 0.2) is 6.29 Å². The van der Waals surface area contributed by atoms with E-state index >= 15 is 0 Å². The lowest BCUT2D eigenvalue weighted by molar-refractivity contribution is -0.198. The Labute approximate surface area is 89.0 Å². The van der Waals surface area contributed by atoms with Gasteiger partial charge in [-0.1, -0.05) is 26.7 Å². The fraction of sp³-hybridized carbons (Fsp3) is 1.00. The van der Waals surface area contributed by atoms with Crippen LogP contribution in [0.2, 0.25) is 0 Å². The van der Waals surface area contributed by atoms with Gasteiger partial charge >= 0.3 is 0 Å². The first-order chi connectivity index (χ1) is 6.49. The lowest BCUT2D eigenvalue weighted by Gasteiger charge is -2.27. The second-order valence-corrected chi connectivity index (χ2v) is 4.67. The largest absolute Gasteiger partial charge is 0.353 e. The van der Waals surface area contributed by atoms with Gasteiger partial charge in [0.25, 0.3) is 0 Å². The molecule has 0 aliphatic rings. The predicted octanol–water partition coefficient (Wildman–Crippen LogP) is 3.74. The van der Waals surface area contributed by atoms with E-state index in [1.54, 1.807) is 0 Å². The van der Waals surface area contributed by atoms with Crippen molar-refractivity contribution in [3.05, 3.63) is 0 Å². The van der Waals surface area contributed by atoms with E-state index in [0.29, 0.717) is 0 Å². The van der Waals surface area contributed by atoms with Crippen LogP contribution in [0.25, 0.3) is 0 Å². The lowest BCUT2D eigenvalue weighted by atomic mass is 10.2. The molecule has 0 radical (unpaired) electrons. The molecule has 1 atom stereocenters. The molecule has 0 fully saturated rings. The first-order valence-electron chi connectivity index (χ1n) is 5.79. The fourth-order valence-electron chi connectivity index (χ4n) is 1.17. The van der Waals surface area contributed by atoms with E-state index in [0.717, 1.165) is 25.9 Å². The summed E-state index contributed by atoms with van der Waals surface area (Å²) in [5.41, 5.74) is -0.105. The Balaban J connectivity index is 3.77. The van der Waals surface area contributed by atoms with E-state index in [-0.39, 0.29) is 11.9 Å². The highest BCUT2D eigenvalue weighted by Crippen LogP contribution is 2.15. The molecule has 0 heterocycles. The zero-order chi connectivity index (χ0) is 11.0. The molecule has 2 nitrogen and oxygen atoms in total. The van der Waals surface area contributed by atoms with Gasteiger partial charge in [-0.2, -0.15) is 0 Å². The molecule has 2 heteroatoms. The van der Waals surface area contributed by atoms with Gasteiger partial charge in [-0.05, 0) is 33.6 Å². The topological polar surface area (TPSA) is 18.5 Å². The average Bonchev–Trinajstić information content (AvgIpc) is 2.02. The van der Waals surface area contributed by atoms with Crippen molar-refractivity contribution >= 4 is 0 Å². The molecule has 0 saturated carbocycles. The van der Waals surface area contributed by atoms with Crippen molar-refractivity contribution in [2.75, 3.05) is 6.61 Å². The van der Waals surface area contributed by atoms with Gasteiger partial charge < -0.3 is 9.47 Å². The Kier molecular flexibility index (Phi) is 7.20. The maximum atomic E-state index is 5.80. The third kappa shape index (κ3) is 8.52. The van der Waals surface area contributed by atoms with Crippen LogP contribution in [-0.2, 0) is 9.47 Å². The minimum Gasteiger partial charge on any atom is -0.353 e. The van der Waals surface area contributed by atoms with E-state index in [9.17, 15) is 0 Å². The van der Waals surface area contributed by atoms with E-state index < -0.39 is 0 Å². The Hall–Kier alpha value is -0.0800. The Morgan fingerprint density at radius 2 is 1.71 bits per heavy atom. The average molecular weight is 202 g/mol. The van der Waals surface area contributed by atoms with Crippen LogP contribution in [0.1, 0.15) is 60.3 Å². The minimum atomic E-state index is -0.105. The second-order valence-electron chi connectivity index (χ2n) is 4.67. The Morgan fingerprint density at radius 3 is 2.14 bits per heavy atom. The highest BCUT2D eigenvalue weighted by atomic mass is 16.7. The molecule has 86 valence electrons. The summed E-state index contributed by atoms with van der Waals surface area (Å²) in [5, 5.41) is 0. The second kappa shape index (κ2) is 7.24. The van der Waals surface area contributed by atoms with Gasteiger partial charge in [0.2, 0.25) is 0 Å². The molecule has 0 aromatic carbocycles. The van der Waals surface area contributed by atoms with Crippen molar-refractivity contribution in [1.29, 1.82) is 0 Å². The van der Waals surface area contributed by atoms with Crippen LogP contribution in [0.4, 0.5) is 0 Å². The quantitative estimate of drug-likeness (QED) is 0.462. The van der Waals surface area contributed by atoms with Gasteiger partial charge in [0.1, 0.15) is 0 Å². The molecule has 0 amide bonds. The van der Waals surface area contributed by atoms with E-state index in [4.69, 9.17) is 9.47 Å². The number of unbranched alkanes of at least 4 members (excludes halogenated alkanes) is 1. The van der Waals surface area contributed by atoms with Crippen molar-refractivity contribution in [2.24, 2.45) is 0 Å². The van der Waals surface area contributed by atoms with Crippen LogP contribution in [-0.4, -0.2) is 18.5 Å². The van der Waals surface area contributed by atoms with Gasteiger partial charge in [0, 0.05) is 6.61 Å². The lowest BCUT2D eigenvalue weighted by Crippen LogP contribution is -2.29. The minimum absolute atomic E-state index is 0.0217. The van der Waals surface area contributed by atoms with Crippen LogP contribution in [0, 0.1) is 0 Å². The summed E-state index contributed by atoms with van der Waals surface area (Å²) in [4.78, 5) is 0. The molecule has 0 bridgehead atoms. The Morgan fingerprint density at radius 1 is 1.07 bits per heavy atom. The first kappa shape index (κ1) is 13.9. The van der Waals surface area contributed by atoms with Gasteiger partial charge in [-0.25, -0.2) is 0 Å². The smallest absolute Gasteiger partial charge is 0.158 e. The summed E-state index contributed by atoms with van der Waals surface area (Å²) in [6, 6.07) is 0. The monoisotopic (exact) mass is 202 g/mol. The van der Waals surface area contributed by atoms with Gasteiger partial charge in [-0.15, -0.1) is 0 Å². The molecular weight excluding hydrogens is 176 g/mol. The molecule has 1 unspecified atom stereocenters. The highest BCUT2D eigenvalue weighted by Gasteiger charge is 2.18. The number of ether oxygens (including phenoxy) is 2. The Bertz CT molecular complexity index is 127. The summed E-state index contributed by atoms with van der Waals surface area (Å²) in [6.07, 6.45) is 4.36. The molecular formula is C12H26O2. The highest BCUT2D eigenvalue weighted by molar-refractivity contribution is 4.61. The van der Waals surface area contributed by atoms with Crippen LogP contribution in [0.5, 0.6) is 0 Å². The van der Waals surface area contributed by atoms with Gasteiger partial charge in [-0.3, -0.25) is 0 Å². The molecule has 0 N–H and O–H groups in total. The zero-order valence-corrected chi connectivity index (χ0v) is 10.4. The SMILES string of the molecule is CCCCOC(CCC)OC(C)(C)C. The molecule has 0 aliphatic heterocycles. The molecule has 0 aliphatic carbocycles. The van der Waals surface area contributed by atoms with Crippen LogP contribution < -0.4 is 0 Å². The maximum absolute atomic E-state index is 5.80. The van der Waals surface area contributed by atoms with Crippen molar-refractivity contribution in [1.82, 2.24) is 0 Å². The zero-order valence-electron chi connectivity index (χ0n) is 10.4. The van der Waals surface area contributed by atoms with Crippen LogP contribution >= 0.6 is 0 Å². The normalized spacial score (nSPS) is 14.4. The third-order valence-electron chi connectivity index (χ3n) is 1.81. The van der Waals surface area contributed by atoms with E-state index in [1.165, 1.54) is 6.42 Å². The van der Waals surface area contributed by atoms with Crippen molar-refractivity contribution in [2.45, 2.75) is 72.2 Å². The van der Waals surface area contributed by atoms with Crippen molar-refractivity contribution in [3.63, 3.8) is 0 Å². The first-order valence-corrected chi connectivity index (χ1v) is 5.79. The summed E-state index contributed by atoms with van der Waals surface area (Å²) in [5.74, 6) is 0. The van der Waals surface area contributed by atoms with Crippen molar-refractivity contribution in [3.8, 4) is 0 Å². The maximum Gasteiger partial charge on any atom is 0.158 e. The number of hydrogen-bond donors (Lipinski definition) is 0. The van der Waals surface area contributed by atoms with E-state index in [1.807, 2.05) is 0 Å². The summed E-state index contributed by atoms with van der Waals surface area (Å²) in [7, 11) is 0.